The standard InChI is InChI=1S/C15H19NO6S/c1-10-4-5-11(8-12(10)13(17)22-3)23(20,21)16-7-6-15(2,9-16)14(18)19/h4-5,8H,6-7,9H2,1-3H3,(H,18,19). The molecule has 1 aliphatic rings. The van der Waals surface area contributed by atoms with Gasteiger partial charge >= 0.3 is 11.9 Å². The number of carbonyl (C=O) groups excluding carboxylic acids is 1. The molecule has 1 fully saturated rings. The minimum absolute atomic E-state index is 0.0434. The summed E-state index contributed by atoms with van der Waals surface area (Å²) in [5.41, 5.74) is -0.315. The Bertz CT molecular complexity index is 757. The van der Waals surface area contributed by atoms with E-state index in [4.69, 9.17) is 0 Å². The van der Waals surface area contributed by atoms with E-state index in [1.165, 1.54) is 32.2 Å². The molecular formula is C15H19NO6S. The summed E-state index contributed by atoms with van der Waals surface area (Å²) in [7, 11) is -2.64. The summed E-state index contributed by atoms with van der Waals surface area (Å²) in [6.07, 6.45) is 0.247. The number of sulfonamides is 1. The molecule has 126 valence electrons. The molecule has 1 saturated heterocycles. The van der Waals surface area contributed by atoms with Crippen molar-refractivity contribution in [3.05, 3.63) is 29.3 Å². The van der Waals surface area contributed by atoms with Crippen molar-refractivity contribution in [3.63, 3.8) is 0 Å². The van der Waals surface area contributed by atoms with Crippen molar-refractivity contribution in [2.75, 3.05) is 20.2 Å². The van der Waals surface area contributed by atoms with Crippen LogP contribution in [-0.4, -0.2) is 50.0 Å². The molecule has 0 aliphatic carbocycles. The molecule has 0 spiro atoms. The quantitative estimate of drug-likeness (QED) is 0.828. The van der Waals surface area contributed by atoms with Gasteiger partial charge in [-0.1, -0.05) is 6.07 Å². The average molecular weight is 341 g/mol. The average Bonchev–Trinajstić information content (AvgIpc) is 2.91. The van der Waals surface area contributed by atoms with Gasteiger partial charge in [0.1, 0.15) is 0 Å². The Morgan fingerprint density at radius 2 is 2.00 bits per heavy atom. The number of esters is 1. The van der Waals surface area contributed by atoms with Gasteiger partial charge in [-0.3, -0.25) is 4.79 Å². The summed E-state index contributed by atoms with van der Waals surface area (Å²) in [5, 5.41) is 9.23. The minimum atomic E-state index is -3.86. The summed E-state index contributed by atoms with van der Waals surface area (Å²) in [5.74, 6) is -1.63. The molecule has 0 saturated carbocycles. The molecule has 1 N–H and O–H groups in total. The zero-order chi connectivity index (χ0) is 17.4. The number of rotatable bonds is 4. The number of benzene rings is 1. The number of nitrogens with zero attached hydrogens (tertiary/aromatic N) is 1. The number of hydrogen-bond acceptors (Lipinski definition) is 5. The molecule has 1 atom stereocenters. The van der Waals surface area contributed by atoms with Gasteiger partial charge in [-0.25, -0.2) is 13.2 Å². The Kier molecular flexibility index (Phi) is 4.50. The summed E-state index contributed by atoms with van der Waals surface area (Å²) in [6.45, 7) is 3.25. The van der Waals surface area contributed by atoms with Crippen LogP contribution in [0.4, 0.5) is 0 Å². The van der Waals surface area contributed by atoms with E-state index in [0.717, 1.165) is 4.31 Å². The molecule has 1 unspecified atom stereocenters. The van der Waals surface area contributed by atoms with Gasteiger partial charge in [0.2, 0.25) is 10.0 Å². The van der Waals surface area contributed by atoms with Crippen LogP contribution in [0.3, 0.4) is 0 Å². The fourth-order valence-corrected chi connectivity index (χ4v) is 4.13. The van der Waals surface area contributed by atoms with Crippen LogP contribution in [0.15, 0.2) is 23.1 Å². The molecule has 7 nitrogen and oxygen atoms in total. The maximum absolute atomic E-state index is 12.7. The molecule has 0 bridgehead atoms. The number of aliphatic carboxylic acids is 1. The topological polar surface area (TPSA) is 101 Å². The van der Waals surface area contributed by atoms with Crippen LogP contribution in [0, 0.1) is 12.3 Å². The second-order valence-corrected chi connectivity index (χ2v) is 7.86. The summed E-state index contributed by atoms with van der Waals surface area (Å²) in [6, 6.07) is 4.21. The van der Waals surface area contributed by atoms with Crippen LogP contribution in [-0.2, 0) is 19.6 Å². The van der Waals surface area contributed by atoms with E-state index in [9.17, 15) is 23.1 Å². The van der Waals surface area contributed by atoms with Crippen molar-refractivity contribution in [1.82, 2.24) is 4.31 Å². The second kappa shape index (κ2) is 5.93. The van der Waals surface area contributed by atoms with Gasteiger partial charge < -0.3 is 9.84 Å². The Labute approximate surface area is 134 Å². The van der Waals surface area contributed by atoms with E-state index in [1.54, 1.807) is 6.92 Å². The molecule has 1 aromatic rings. The van der Waals surface area contributed by atoms with Gasteiger partial charge in [0, 0.05) is 13.1 Å². The van der Waals surface area contributed by atoms with E-state index in [1.807, 2.05) is 0 Å². The number of carboxylic acids is 1. The first-order valence-corrected chi connectivity index (χ1v) is 8.48. The molecule has 0 aromatic heterocycles. The Morgan fingerprint density at radius 3 is 2.52 bits per heavy atom. The third kappa shape index (κ3) is 3.09. The van der Waals surface area contributed by atoms with Crippen molar-refractivity contribution in [2.45, 2.75) is 25.2 Å². The second-order valence-electron chi connectivity index (χ2n) is 5.92. The Balaban J connectivity index is 2.38. The van der Waals surface area contributed by atoms with Crippen molar-refractivity contribution in [2.24, 2.45) is 5.41 Å². The molecule has 2 rings (SSSR count). The van der Waals surface area contributed by atoms with Gasteiger partial charge in [-0.05, 0) is 38.0 Å². The first-order chi connectivity index (χ1) is 10.6. The normalized spacial score (nSPS) is 22.0. The lowest BCUT2D eigenvalue weighted by Crippen LogP contribution is -2.35. The van der Waals surface area contributed by atoms with Crippen molar-refractivity contribution >= 4 is 22.0 Å². The predicted molar refractivity (Wildman–Crippen MR) is 81.6 cm³/mol. The fourth-order valence-electron chi connectivity index (χ4n) is 2.54. The van der Waals surface area contributed by atoms with E-state index in [-0.39, 0.29) is 30.0 Å². The predicted octanol–water partition coefficient (Wildman–Crippen LogP) is 1.27. The maximum atomic E-state index is 12.7. The maximum Gasteiger partial charge on any atom is 0.338 e. The highest BCUT2D eigenvalue weighted by molar-refractivity contribution is 7.89. The fraction of sp³-hybridized carbons (Fsp3) is 0.467. The molecule has 1 aromatic carbocycles. The first kappa shape index (κ1) is 17.4. The number of ether oxygens (including phenoxy) is 1. The number of carboxylic acid groups (broad SMARTS) is 1. The largest absolute Gasteiger partial charge is 0.481 e. The van der Waals surface area contributed by atoms with Crippen molar-refractivity contribution in [3.8, 4) is 0 Å². The smallest absolute Gasteiger partial charge is 0.338 e. The van der Waals surface area contributed by atoms with Crippen molar-refractivity contribution in [1.29, 1.82) is 0 Å². The summed E-state index contributed by atoms with van der Waals surface area (Å²) < 4.78 is 31.2. The van der Waals surface area contributed by atoms with Crippen LogP contribution < -0.4 is 0 Å². The highest BCUT2D eigenvalue weighted by atomic mass is 32.2. The molecule has 1 heterocycles. The lowest BCUT2D eigenvalue weighted by Gasteiger charge is -2.20. The van der Waals surface area contributed by atoms with E-state index in [2.05, 4.69) is 4.74 Å². The Hall–Kier alpha value is -1.93. The van der Waals surface area contributed by atoms with E-state index < -0.39 is 27.4 Å². The monoisotopic (exact) mass is 341 g/mol. The molecule has 0 amide bonds. The van der Waals surface area contributed by atoms with Crippen LogP contribution in [0.5, 0.6) is 0 Å². The third-order valence-corrected chi connectivity index (χ3v) is 6.05. The number of carbonyl (C=O) groups is 2. The number of aryl methyl sites for hydroxylation is 1. The number of methoxy groups -OCH3 is 1. The van der Waals surface area contributed by atoms with Gasteiger partial charge in [-0.15, -0.1) is 0 Å². The molecule has 23 heavy (non-hydrogen) atoms. The van der Waals surface area contributed by atoms with Crippen LogP contribution in [0.2, 0.25) is 0 Å². The van der Waals surface area contributed by atoms with Crippen LogP contribution in [0.25, 0.3) is 0 Å². The number of hydrogen-bond donors (Lipinski definition) is 1. The van der Waals surface area contributed by atoms with E-state index >= 15 is 0 Å². The zero-order valence-corrected chi connectivity index (χ0v) is 14.0. The first-order valence-electron chi connectivity index (χ1n) is 7.04. The lowest BCUT2D eigenvalue weighted by atomic mass is 9.90. The molecule has 0 radical (unpaired) electrons. The third-order valence-electron chi connectivity index (χ3n) is 4.21. The lowest BCUT2D eigenvalue weighted by molar-refractivity contribution is -0.146. The van der Waals surface area contributed by atoms with Gasteiger partial charge in [-0.2, -0.15) is 4.31 Å². The Morgan fingerprint density at radius 1 is 1.35 bits per heavy atom. The minimum Gasteiger partial charge on any atom is -0.481 e. The van der Waals surface area contributed by atoms with Gasteiger partial charge in [0.15, 0.2) is 0 Å². The summed E-state index contributed by atoms with van der Waals surface area (Å²) >= 11 is 0. The molecule has 8 heteroatoms. The van der Waals surface area contributed by atoms with Gasteiger partial charge in [0.05, 0.1) is 23.0 Å². The zero-order valence-electron chi connectivity index (χ0n) is 13.2. The molecule has 1 aliphatic heterocycles. The molecular weight excluding hydrogens is 322 g/mol. The van der Waals surface area contributed by atoms with Crippen LogP contribution >= 0.6 is 0 Å². The van der Waals surface area contributed by atoms with Crippen LogP contribution in [0.1, 0.15) is 29.3 Å². The summed E-state index contributed by atoms with van der Waals surface area (Å²) in [4.78, 5) is 23.0. The van der Waals surface area contributed by atoms with Crippen molar-refractivity contribution < 1.29 is 27.9 Å². The highest BCUT2D eigenvalue weighted by Crippen LogP contribution is 2.34. The highest BCUT2D eigenvalue weighted by Gasteiger charge is 2.45. The van der Waals surface area contributed by atoms with Gasteiger partial charge in [0.25, 0.3) is 0 Å². The van der Waals surface area contributed by atoms with E-state index in [0.29, 0.717) is 5.56 Å². The SMILES string of the molecule is COC(=O)c1cc(S(=O)(=O)N2CCC(C)(C(=O)O)C2)ccc1C.